The molecule has 0 radical (unpaired) electrons. The Morgan fingerprint density at radius 3 is 2.29 bits per heavy atom. The molecule has 0 aliphatic carbocycles. The predicted octanol–water partition coefficient (Wildman–Crippen LogP) is 1.57. The quantitative estimate of drug-likeness (QED) is 0.743. The molecule has 0 aromatic heterocycles. The number of benzene rings is 2. The van der Waals surface area contributed by atoms with Gasteiger partial charge in [0.15, 0.2) is 0 Å². The Balaban J connectivity index is 2.00. The van der Waals surface area contributed by atoms with Gasteiger partial charge in [0, 0.05) is 0 Å². The van der Waals surface area contributed by atoms with Gasteiger partial charge >= 0.3 is 6.18 Å². The van der Waals surface area contributed by atoms with Gasteiger partial charge in [-0.05, 0) is 37.3 Å². The van der Waals surface area contributed by atoms with Gasteiger partial charge in [0.25, 0.3) is 10.0 Å². The summed E-state index contributed by atoms with van der Waals surface area (Å²) in [6.45, 7) is 3.59. The minimum atomic E-state index is -4.64. The van der Waals surface area contributed by atoms with E-state index in [0.717, 1.165) is 41.2 Å². The van der Waals surface area contributed by atoms with Crippen molar-refractivity contribution in [2.24, 2.45) is 0 Å². The molecule has 168 valence electrons. The highest BCUT2D eigenvalue weighted by Crippen LogP contribution is 2.33. The number of carbonyl (C=O) groups is 1. The molecular weight excluding hydrogens is 431 g/mol. The standard InChI is InChI=1S/C21H24F3N3O3S/c1-16-6-8-19(9-7-16)31(29,30)27(15-20(28)26-12-10-25(2)11-13-26)18-5-3-4-17(14-18)21(22,23)24/h3-9,14H,10-13,15H2,1-2H3/p+1. The van der Waals surface area contributed by atoms with Gasteiger partial charge in [0.1, 0.15) is 6.54 Å². The van der Waals surface area contributed by atoms with Gasteiger partial charge < -0.3 is 9.80 Å². The maximum absolute atomic E-state index is 13.3. The van der Waals surface area contributed by atoms with Gasteiger partial charge in [-0.15, -0.1) is 0 Å². The van der Waals surface area contributed by atoms with Crippen molar-refractivity contribution in [1.82, 2.24) is 4.90 Å². The van der Waals surface area contributed by atoms with E-state index in [1.54, 1.807) is 24.0 Å². The normalized spacial score (nSPS) is 15.7. The first-order valence-electron chi connectivity index (χ1n) is 9.84. The van der Waals surface area contributed by atoms with Crippen LogP contribution in [0.2, 0.25) is 0 Å². The van der Waals surface area contributed by atoms with Crippen LogP contribution in [-0.2, 0) is 21.0 Å². The van der Waals surface area contributed by atoms with Crippen molar-refractivity contribution in [3.8, 4) is 0 Å². The number of nitrogens with one attached hydrogen (secondary N) is 1. The van der Waals surface area contributed by atoms with Gasteiger partial charge in [-0.25, -0.2) is 8.42 Å². The Kier molecular flexibility index (Phi) is 6.61. The van der Waals surface area contributed by atoms with E-state index in [-0.39, 0.29) is 10.6 Å². The maximum atomic E-state index is 13.3. The molecule has 10 heteroatoms. The summed E-state index contributed by atoms with van der Waals surface area (Å²) in [5, 5.41) is 0. The molecule has 1 N–H and O–H groups in total. The molecule has 1 saturated heterocycles. The third-order valence-corrected chi connectivity index (χ3v) is 7.11. The first-order valence-corrected chi connectivity index (χ1v) is 11.3. The lowest BCUT2D eigenvalue weighted by molar-refractivity contribution is -0.883. The first kappa shape index (κ1) is 23.1. The molecule has 0 bridgehead atoms. The second-order valence-corrected chi connectivity index (χ2v) is 9.57. The van der Waals surface area contributed by atoms with Crippen LogP contribution in [-0.4, -0.2) is 59.0 Å². The Bertz CT molecular complexity index is 1030. The molecule has 1 fully saturated rings. The molecule has 1 heterocycles. The molecular formula is C21H25F3N3O3S+. The average molecular weight is 457 g/mol. The fraction of sp³-hybridized carbons (Fsp3) is 0.381. The maximum Gasteiger partial charge on any atom is 0.416 e. The highest BCUT2D eigenvalue weighted by molar-refractivity contribution is 7.92. The van der Waals surface area contributed by atoms with E-state index in [1.807, 2.05) is 7.05 Å². The number of quaternary nitrogens is 1. The molecule has 3 rings (SSSR count). The Morgan fingerprint density at radius 1 is 1.10 bits per heavy atom. The number of piperazine rings is 1. The van der Waals surface area contributed by atoms with Crippen LogP contribution in [0, 0.1) is 6.92 Å². The lowest BCUT2D eigenvalue weighted by Gasteiger charge is -2.32. The number of halogens is 3. The van der Waals surface area contributed by atoms with E-state index >= 15 is 0 Å². The van der Waals surface area contributed by atoms with Crippen molar-refractivity contribution >= 4 is 21.6 Å². The Morgan fingerprint density at radius 2 is 1.71 bits per heavy atom. The van der Waals surface area contributed by atoms with Gasteiger partial charge in [-0.2, -0.15) is 13.2 Å². The number of anilines is 1. The molecule has 0 atom stereocenters. The lowest BCUT2D eigenvalue weighted by Crippen LogP contribution is -3.12. The smallest absolute Gasteiger partial charge is 0.334 e. The number of carbonyl (C=O) groups excluding carboxylic acids is 1. The average Bonchev–Trinajstić information content (AvgIpc) is 2.72. The zero-order valence-electron chi connectivity index (χ0n) is 17.3. The second kappa shape index (κ2) is 8.88. The van der Waals surface area contributed by atoms with Gasteiger partial charge in [-0.1, -0.05) is 23.8 Å². The van der Waals surface area contributed by atoms with Crippen LogP contribution < -0.4 is 9.21 Å². The molecule has 1 amide bonds. The van der Waals surface area contributed by atoms with Crippen LogP contribution in [0.25, 0.3) is 0 Å². The molecule has 0 unspecified atom stereocenters. The summed E-state index contributed by atoms with van der Waals surface area (Å²) >= 11 is 0. The summed E-state index contributed by atoms with van der Waals surface area (Å²) in [5.41, 5.74) is -0.353. The van der Waals surface area contributed by atoms with E-state index in [2.05, 4.69) is 0 Å². The first-order chi connectivity index (χ1) is 14.5. The molecule has 2 aromatic carbocycles. The Labute approximate surface area is 179 Å². The highest BCUT2D eigenvalue weighted by Gasteiger charge is 2.34. The zero-order chi connectivity index (χ0) is 22.8. The van der Waals surface area contributed by atoms with Gasteiger partial charge in [-0.3, -0.25) is 9.10 Å². The summed E-state index contributed by atoms with van der Waals surface area (Å²) in [5.74, 6) is -0.444. The SMILES string of the molecule is Cc1ccc(S(=O)(=O)N(CC(=O)N2CC[NH+](C)CC2)c2cccc(C(F)(F)F)c2)cc1. The molecule has 31 heavy (non-hydrogen) atoms. The predicted molar refractivity (Wildman–Crippen MR) is 110 cm³/mol. The fourth-order valence-electron chi connectivity index (χ4n) is 3.35. The van der Waals surface area contributed by atoms with Crippen LogP contribution in [0.15, 0.2) is 53.4 Å². The van der Waals surface area contributed by atoms with Crippen molar-refractivity contribution in [2.75, 3.05) is 44.1 Å². The number of nitrogens with zero attached hydrogens (tertiary/aromatic N) is 2. The van der Waals surface area contributed by atoms with Crippen molar-refractivity contribution in [3.05, 3.63) is 59.7 Å². The number of likely N-dealkylation sites (N-methyl/N-ethyl adjacent to an activating group) is 1. The highest BCUT2D eigenvalue weighted by atomic mass is 32.2. The number of alkyl halides is 3. The van der Waals surface area contributed by atoms with Crippen LogP contribution in [0.5, 0.6) is 0 Å². The number of amides is 1. The van der Waals surface area contributed by atoms with E-state index in [0.29, 0.717) is 13.1 Å². The van der Waals surface area contributed by atoms with Gasteiger partial charge in [0.05, 0.1) is 49.4 Å². The number of sulfonamides is 1. The van der Waals surface area contributed by atoms with E-state index in [4.69, 9.17) is 0 Å². The fourth-order valence-corrected chi connectivity index (χ4v) is 4.76. The summed E-state index contributed by atoms with van der Waals surface area (Å²) in [6, 6.07) is 9.99. The summed E-state index contributed by atoms with van der Waals surface area (Å²) in [4.78, 5) is 15.6. The van der Waals surface area contributed by atoms with Gasteiger partial charge in [0.2, 0.25) is 5.91 Å². The number of aryl methyl sites for hydroxylation is 1. The minimum Gasteiger partial charge on any atom is -0.334 e. The summed E-state index contributed by atoms with van der Waals surface area (Å²) in [7, 11) is -2.27. The van der Waals surface area contributed by atoms with Crippen molar-refractivity contribution in [2.45, 2.75) is 18.0 Å². The van der Waals surface area contributed by atoms with E-state index < -0.39 is 34.2 Å². The number of rotatable bonds is 5. The Hall–Kier alpha value is -2.59. The zero-order valence-corrected chi connectivity index (χ0v) is 18.1. The molecule has 2 aromatic rings. The third kappa shape index (κ3) is 5.37. The lowest BCUT2D eigenvalue weighted by atomic mass is 10.2. The van der Waals surface area contributed by atoms with E-state index in [1.165, 1.54) is 23.1 Å². The molecule has 0 saturated carbocycles. The number of hydrogen-bond donors (Lipinski definition) is 1. The molecule has 1 aliphatic heterocycles. The molecule has 0 spiro atoms. The van der Waals surface area contributed by atoms with Crippen molar-refractivity contribution in [1.29, 1.82) is 0 Å². The van der Waals surface area contributed by atoms with Crippen molar-refractivity contribution in [3.63, 3.8) is 0 Å². The van der Waals surface area contributed by atoms with Crippen LogP contribution >= 0.6 is 0 Å². The van der Waals surface area contributed by atoms with E-state index in [9.17, 15) is 26.4 Å². The van der Waals surface area contributed by atoms with Crippen LogP contribution in [0.1, 0.15) is 11.1 Å². The monoisotopic (exact) mass is 456 g/mol. The van der Waals surface area contributed by atoms with Crippen LogP contribution in [0.3, 0.4) is 0 Å². The third-order valence-electron chi connectivity index (χ3n) is 5.32. The second-order valence-electron chi connectivity index (χ2n) is 7.71. The topological polar surface area (TPSA) is 62.1 Å². The van der Waals surface area contributed by atoms with Crippen LogP contribution in [0.4, 0.5) is 18.9 Å². The molecule has 1 aliphatic rings. The largest absolute Gasteiger partial charge is 0.416 e. The summed E-state index contributed by atoms with van der Waals surface area (Å²) in [6.07, 6.45) is -4.64. The number of hydrogen-bond acceptors (Lipinski definition) is 3. The summed E-state index contributed by atoms with van der Waals surface area (Å²) < 4.78 is 67.2. The minimum absolute atomic E-state index is 0.0915. The van der Waals surface area contributed by atoms with Crippen molar-refractivity contribution < 1.29 is 31.3 Å². The molecule has 6 nitrogen and oxygen atoms in total.